The summed E-state index contributed by atoms with van der Waals surface area (Å²) in [5.74, 6) is -1.15. The smallest absolute Gasteiger partial charge is 0.331 e. The van der Waals surface area contributed by atoms with E-state index in [1.807, 2.05) is 0 Å². The number of hydrogen-bond acceptors (Lipinski definition) is 5. The molecule has 8 heteroatoms. The largest absolute Gasteiger partial charge is 0.452 e. The summed E-state index contributed by atoms with van der Waals surface area (Å²) in [6, 6.07) is 12.7. The Morgan fingerprint density at radius 3 is 2.50 bits per heavy atom. The molecule has 0 aliphatic carbocycles. The van der Waals surface area contributed by atoms with Gasteiger partial charge in [-0.05, 0) is 35.4 Å². The molecule has 1 amide bonds. The number of carbonyl (C=O) groups excluding carboxylic acids is 2. The zero-order valence-electron chi connectivity index (χ0n) is 13.6. The first-order valence-corrected chi connectivity index (χ1v) is 7.93. The number of esters is 1. The van der Waals surface area contributed by atoms with Crippen molar-refractivity contribution in [1.29, 1.82) is 0 Å². The molecule has 2 aromatic carbocycles. The maximum atomic E-state index is 11.7. The number of benzene rings is 2. The molecule has 0 atom stereocenters. The van der Waals surface area contributed by atoms with E-state index in [2.05, 4.69) is 5.32 Å². The van der Waals surface area contributed by atoms with Crippen molar-refractivity contribution in [2.45, 2.75) is 6.54 Å². The van der Waals surface area contributed by atoms with Crippen LogP contribution in [-0.2, 0) is 20.9 Å². The second kappa shape index (κ2) is 9.33. The number of nitrogens with zero attached hydrogens (tertiary/aromatic N) is 1. The Kier molecular flexibility index (Phi) is 6.87. The SMILES string of the molecule is O=C(COC(=O)/C=C/c1ccc([N+](=O)[O-])cc1)NCc1ccccc1Cl. The molecule has 0 fully saturated rings. The molecule has 2 aromatic rings. The monoisotopic (exact) mass is 374 g/mol. The molecule has 0 heterocycles. The average Bonchev–Trinajstić information content (AvgIpc) is 2.64. The van der Waals surface area contributed by atoms with Gasteiger partial charge in [0.25, 0.3) is 11.6 Å². The van der Waals surface area contributed by atoms with Crippen LogP contribution in [0.1, 0.15) is 11.1 Å². The number of amides is 1. The van der Waals surface area contributed by atoms with Crippen LogP contribution in [0.2, 0.25) is 5.02 Å². The van der Waals surface area contributed by atoms with Crippen LogP contribution >= 0.6 is 11.6 Å². The van der Waals surface area contributed by atoms with Crippen LogP contribution in [0.4, 0.5) is 5.69 Å². The Labute approximate surface area is 154 Å². The fourth-order valence-electron chi connectivity index (χ4n) is 1.94. The van der Waals surface area contributed by atoms with Crippen molar-refractivity contribution in [2.75, 3.05) is 6.61 Å². The number of nitrogens with one attached hydrogen (secondary N) is 1. The number of hydrogen-bond donors (Lipinski definition) is 1. The van der Waals surface area contributed by atoms with Gasteiger partial charge in [-0.3, -0.25) is 14.9 Å². The molecule has 0 saturated carbocycles. The third-order valence-electron chi connectivity index (χ3n) is 3.30. The van der Waals surface area contributed by atoms with E-state index < -0.39 is 23.4 Å². The number of rotatable bonds is 7. The van der Waals surface area contributed by atoms with Crippen LogP contribution in [0.15, 0.2) is 54.6 Å². The van der Waals surface area contributed by atoms with Gasteiger partial charge in [0.2, 0.25) is 0 Å². The number of nitro benzene ring substituents is 1. The lowest BCUT2D eigenvalue weighted by Crippen LogP contribution is -2.28. The molecule has 0 aliphatic heterocycles. The Hall–Kier alpha value is -3.19. The average molecular weight is 375 g/mol. The number of carbonyl (C=O) groups is 2. The minimum atomic E-state index is -0.698. The highest BCUT2D eigenvalue weighted by molar-refractivity contribution is 6.31. The van der Waals surface area contributed by atoms with E-state index in [9.17, 15) is 19.7 Å². The van der Waals surface area contributed by atoms with E-state index in [0.29, 0.717) is 10.6 Å². The van der Waals surface area contributed by atoms with Gasteiger partial charge in [0.15, 0.2) is 6.61 Å². The summed E-state index contributed by atoms with van der Waals surface area (Å²) in [5.41, 5.74) is 1.31. The molecule has 26 heavy (non-hydrogen) atoms. The molecule has 1 N–H and O–H groups in total. The molecule has 0 aliphatic rings. The minimum Gasteiger partial charge on any atom is -0.452 e. The van der Waals surface area contributed by atoms with Crippen LogP contribution in [-0.4, -0.2) is 23.4 Å². The zero-order valence-corrected chi connectivity index (χ0v) is 14.3. The Morgan fingerprint density at radius 1 is 1.15 bits per heavy atom. The highest BCUT2D eigenvalue weighted by Crippen LogP contribution is 2.14. The molecule has 7 nitrogen and oxygen atoms in total. The summed E-state index contributed by atoms with van der Waals surface area (Å²) in [4.78, 5) is 33.3. The number of nitro groups is 1. The van der Waals surface area contributed by atoms with Crippen molar-refractivity contribution in [3.8, 4) is 0 Å². The lowest BCUT2D eigenvalue weighted by Gasteiger charge is -2.06. The third kappa shape index (κ3) is 6.03. The molecule has 0 bridgehead atoms. The van der Waals surface area contributed by atoms with Crippen molar-refractivity contribution in [3.63, 3.8) is 0 Å². The number of non-ortho nitro benzene ring substituents is 1. The molecular weight excluding hydrogens is 360 g/mol. The van der Waals surface area contributed by atoms with Gasteiger partial charge in [-0.1, -0.05) is 29.8 Å². The summed E-state index contributed by atoms with van der Waals surface area (Å²) < 4.78 is 4.83. The normalized spacial score (nSPS) is 10.5. The van der Waals surface area contributed by atoms with Gasteiger partial charge < -0.3 is 10.1 Å². The molecule has 0 aromatic heterocycles. The van der Waals surface area contributed by atoms with E-state index in [1.54, 1.807) is 24.3 Å². The molecule has 134 valence electrons. The van der Waals surface area contributed by atoms with Gasteiger partial charge in [0, 0.05) is 29.8 Å². The Morgan fingerprint density at radius 2 is 1.85 bits per heavy atom. The summed E-state index contributed by atoms with van der Waals surface area (Å²) >= 11 is 5.98. The van der Waals surface area contributed by atoms with E-state index >= 15 is 0 Å². The topological polar surface area (TPSA) is 98.5 Å². The van der Waals surface area contributed by atoms with Crippen molar-refractivity contribution in [3.05, 3.63) is 80.9 Å². The molecule has 0 saturated heterocycles. The maximum Gasteiger partial charge on any atom is 0.331 e. The van der Waals surface area contributed by atoms with Gasteiger partial charge in [0.1, 0.15) is 0 Å². The van der Waals surface area contributed by atoms with Crippen molar-refractivity contribution >= 4 is 35.2 Å². The third-order valence-corrected chi connectivity index (χ3v) is 3.66. The quantitative estimate of drug-likeness (QED) is 0.347. The van der Waals surface area contributed by atoms with Crippen LogP contribution in [0.3, 0.4) is 0 Å². The predicted molar refractivity (Wildman–Crippen MR) is 96.4 cm³/mol. The first-order valence-electron chi connectivity index (χ1n) is 7.55. The van der Waals surface area contributed by atoms with E-state index in [1.165, 1.54) is 30.3 Å². The Bertz CT molecular complexity index is 834. The highest BCUT2D eigenvalue weighted by Gasteiger charge is 2.07. The molecule has 0 spiro atoms. The van der Waals surface area contributed by atoms with Gasteiger partial charge in [-0.2, -0.15) is 0 Å². The van der Waals surface area contributed by atoms with Gasteiger partial charge in [-0.15, -0.1) is 0 Å². The zero-order chi connectivity index (χ0) is 18.9. The maximum absolute atomic E-state index is 11.7. The van der Waals surface area contributed by atoms with E-state index in [4.69, 9.17) is 16.3 Å². The first-order chi connectivity index (χ1) is 12.5. The van der Waals surface area contributed by atoms with Crippen LogP contribution in [0, 0.1) is 10.1 Å². The second-order valence-electron chi connectivity index (χ2n) is 5.16. The summed E-state index contributed by atoms with van der Waals surface area (Å²) in [6.45, 7) is -0.192. The van der Waals surface area contributed by atoms with Gasteiger partial charge in [-0.25, -0.2) is 4.79 Å². The van der Waals surface area contributed by atoms with E-state index in [-0.39, 0.29) is 12.2 Å². The van der Waals surface area contributed by atoms with Gasteiger partial charge in [0.05, 0.1) is 4.92 Å². The number of halogens is 1. The molecule has 0 unspecified atom stereocenters. The Balaban J connectivity index is 1.76. The summed E-state index contributed by atoms with van der Waals surface area (Å²) in [6.07, 6.45) is 2.58. The lowest BCUT2D eigenvalue weighted by atomic mass is 10.2. The standard InChI is InChI=1S/C18H15ClN2O5/c19-16-4-2-1-3-14(16)11-20-17(22)12-26-18(23)10-7-13-5-8-15(9-6-13)21(24)25/h1-10H,11-12H2,(H,20,22)/b10-7+. The van der Waals surface area contributed by atoms with Crippen LogP contribution < -0.4 is 5.32 Å². The summed E-state index contributed by atoms with van der Waals surface area (Å²) in [5, 5.41) is 13.7. The van der Waals surface area contributed by atoms with Crippen molar-refractivity contribution < 1.29 is 19.2 Å². The molecular formula is C18H15ClN2O5. The lowest BCUT2D eigenvalue weighted by molar-refractivity contribution is -0.384. The molecule has 0 radical (unpaired) electrons. The van der Waals surface area contributed by atoms with Gasteiger partial charge >= 0.3 is 5.97 Å². The number of ether oxygens (including phenoxy) is 1. The van der Waals surface area contributed by atoms with Crippen molar-refractivity contribution in [2.24, 2.45) is 0 Å². The van der Waals surface area contributed by atoms with Crippen LogP contribution in [0.5, 0.6) is 0 Å². The minimum absolute atomic E-state index is 0.0417. The fourth-order valence-corrected chi connectivity index (χ4v) is 2.15. The second-order valence-corrected chi connectivity index (χ2v) is 5.57. The molecule has 2 rings (SSSR count). The summed E-state index contributed by atoms with van der Waals surface area (Å²) in [7, 11) is 0. The predicted octanol–water partition coefficient (Wildman–Crippen LogP) is 3.12. The van der Waals surface area contributed by atoms with Crippen LogP contribution in [0.25, 0.3) is 6.08 Å². The highest BCUT2D eigenvalue weighted by atomic mass is 35.5. The van der Waals surface area contributed by atoms with Crippen molar-refractivity contribution in [1.82, 2.24) is 5.32 Å². The first kappa shape index (κ1) is 19.1. The van der Waals surface area contributed by atoms with E-state index in [0.717, 1.165) is 11.6 Å². The fraction of sp³-hybridized carbons (Fsp3) is 0.111.